The number of rotatable bonds is 5. The normalized spacial score (nSPS) is 16.3. The Kier molecular flexibility index (Phi) is 5.74. The van der Waals surface area contributed by atoms with Gasteiger partial charge in [0.1, 0.15) is 0 Å². The fourth-order valence-electron chi connectivity index (χ4n) is 3.21. The van der Waals surface area contributed by atoms with Crippen LogP contribution < -0.4 is 5.32 Å². The van der Waals surface area contributed by atoms with Crippen LogP contribution in [0.25, 0.3) is 0 Å². The van der Waals surface area contributed by atoms with E-state index in [2.05, 4.69) is 22.3 Å². The summed E-state index contributed by atoms with van der Waals surface area (Å²) in [6.45, 7) is 2.80. The summed E-state index contributed by atoms with van der Waals surface area (Å²) in [7, 11) is -3.32. The highest BCUT2D eigenvalue weighted by molar-refractivity contribution is 7.90. The molecule has 0 bridgehead atoms. The number of benzene rings is 2. The molecule has 2 aromatic rings. The minimum Gasteiger partial charge on any atom is -0.349 e. The molecule has 3 rings (SSSR count). The van der Waals surface area contributed by atoms with Crippen LogP contribution in [0, 0.1) is 0 Å². The van der Waals surface area contributed by atoms with E-state index >= 15 is 0 Å². The molecule has 1 amide bonds. The third-order valence-corrected chi connectivity index (χ3v) is 5.81. The molecule has 0 saturated carbocycles. The molecule has 0 atom stereocenters. The van der Waals surface area contributed by atoms with Gasteiger partial charge in [0.05, 0.1) is 4.90 Å². The summed E-state index contributed by atoms with van der Waals surface area (Å²) in [5.41, 5.74) is 1.69. The Morgan fingerprint density at radius 2 is 1.77 bits per heavy atom. The van der Waals surface area contributed by atoms with Gasteiger partial charge >= 0.3 is 0 Å². The van der Waals surface area contributed by atoms with Crippen LogP contribution in [-0.4, -0.2) is 44.6 Å². The molecule has 0 spiro atoms. The molecular formula is C20H24N2O3S. The molecule has 1 fully saturated rings. The maximum Gasteiger partial charge on any atom is 0.251 e. The highest BCUT2D eigenvalue weighted by atomic mass is 32.2. The van der Waals surface area contributed by atoms with Gasteiger partial charge in [0, 0.05) is 37.5 Å². The Morgan fingerprint density at radius 3 is 2.42 bits per heavy atom. The molecule has 1 saturated heterocycles. The number of hydrogen-bond donors (Lipinski definition) is 1. The van der Waals surface area contributed by atoms with E-state index in [4.69, 9.17) is 0 Å². The second kappa shape index (κ2) is 8.01. The van der Waals surface area contributed by atoms with Crippen molar-refractivity contribution in [3.63, 3.8) is 0 Å². The number of carbonyl (C=O) groups is 1. The molecule has 5 nitrogen and oxygen atoms in total. The molecule has 26 heavy (non-hydrogen) atoms. The maximum atomic E-state index is 12.4. The number of nitrogens with zero attached hydrogens (tertiary/aromatic N) is 1. The third kappa shape index (κ3) is 4.93. The Balaban J connectivity index is 1.54. The van der Waals surface area contributed by atoms with Crippen molar-refractivity contribution in [3.8, 4) is 0 Å². The van der Waals surface area contributed by atoms with Crippen molar-refractivity contribution < 1.29 is 13.2 Å². The molecule has 138 valence electrons. The van der Waals surface area contributed by atoms with Gasteiger partial charge in [0.15, 0.2) is 9.84 Å². The first-order valence-electron chi connectivity index (χ1n) is 8.79. The van der Waals surface area contributed by atoms with Crippen molar-refractivity contribution in [1.82, 2.24) is 10.2 Å². The van der Waals surface area contributed by atoms with Crippen molar-refractivity contribution in [2.45, 2.75) is 30.3 Å². The van der Waals surface area contributed by atoms with Crippen LogP contribution in [-0.2, 0) is 16.4 Å². The zero-order valence-corrected chi connectivity index (χ0v) is 15.7. The minimum atomic E-state index is -3.32. The summed E-state index contributed by atoms with van der Waals surface area (Å²) in [5.74, 6) is -0.211. The van der Waals surface area contributed by atoms with Crippen LogP contribution in [0.3, 0.4) is 0 Å². The van der Waals surface area contributed by atoms with Crippen LogP contribution in [0.15, 0.2) is 59.5 Å². The van der Waals surface area contributed by atoms with Crippen molar-refractivity contribution in [3.05, 3.63) is 65.7 Å². The summed E-state index contributed by atoms with van der Waals surface area (Å²) < 4.78 is 23.3. The van der Waals surface area contributed by atoms with Crippen LogP contribution in [0.1, 0.15) is 28.8 Å². The SMILES string of the molecule is CS(=O)(=O)c1cccc(C(=O)NC2CCN(Cc3ccccc3)CC2)c1. The summed E-state index contributed by atoms with van der Waals surface area (Å²) in [6.07, 6.45) is 2.93. The standard InChI is InChI=1S/C20H24N2O3S/c1-26(24,25)19-9-5-8-17(14-19)20(23)21-18-10-12-22(13-11-18)15-16-6-3-2-4-7-16/h2-9,14,18H,10-13,15H2,1H3,(H,21,23). The van der Waals surface area contributed by atoms with Gasteiger partial charge in [-0.2, -0.15) is 0 Å². The second-order valence-corrected chi connectivity index (χ2v) is 8.83. The molecule has 1 aliphatic heterocycles. The molecule has 0 aliphatic carbocycles. The molecule has 6 heteroatoms. The van der Waals surface area contributed by atoms with Gasteiger partial charge in [0.2, 0.25) is 0 Å². The maximum absolute atomic E-state index is 12.4. The van der Waals surface area contributed by atoms with Crippen LogP contribution >= 0.6 is 0 Å². The Labute approximate surface area is 154 Å². The first-order valence-corrected chi connectivity index (χ1v) is 10.7. The number of carbonyl (C=O) groups excluding carboxylic acids is 1. The van der Waals surface area contributed by atoms with Crippen LogP contribution in [0.2, 0.25) is 0 Å². The lowest BCUT2D eigenvalue weighted by Crippen LogP contribution is -2.44. The Bertz CT molecular complexity index is 858. The van der Waals surface area contributed by atoms with Gasteiger partial charge < -0.3 is 5.32 Å². The summed E-state index contributed by atoms with van der Waals surface area (Å²) in [4.78, 5) is 15.0. The Hall–Kier alpha value is -2.18. The Morgan fingerprint density at radius 1 is 1.08 bits per heavy atom. The van der Waals surface area contributed by atoms with Crippen molar-refractivity contribution in [1.29, 1.82) is 0 Å². The molecule has 0 radical (unpaired) electrons. The molecule has 0 aromatic heterocycles. The third-order valence-electron chi connectivity index (χ3n) is 4.70. The molecule has 1 heterocycles. The molecule has 2 aromatic carbocycles. The minimum absolute atomic E-state index is 0.122. The van der Waals surface area contributed by atoms with E-state index < -0.39 is 9.84 Å². The van der Waals surface area contributed by atoms with E-state index in [1.54, 1.807) is 12.1 Å². The van der Waals surface area contributed by atoms with E-state index in [0.29, 0.717) is 5.56 Å². The first-order chi connectivity index (χ1) is 12.4. The lowest BCUT2D eigenvalue weighted by molar-refractivity contribution is 0.0908. The van der Waals surface area contributed by atoms with E-state index in [0.717, 1.165) is 38.7 Å². The number of amides is 1. The zero-order valence-electron chi connectivity index (χ0n) is 14.9. The zero-order chi connectivity index (χ0) is 18.6. The van der Waals surface area contributed by atoms with Gasteiger partial charge in [-0.05, 0) is 36.6 Å². The summed E-state index contributed by atoms with van der Waals surface area (Å²) in [6, 6.07) is 16.7. The van der Waals surface area contributed by atoms with Crippen LogP contribution in [0.4, 0.5) is 0 Å². The predicted molar refractivity (Wildman–Crippen MR) is 102 cm³/mol. The molecular weight excluding hydrogens is 348 g/mol. The van der Waals surface area contributed by atoms with E-state index in [1.807, 2.05) is 18.2 Å². The number of piperidine rings is 1. The highest BCUT2D eigenvalue weighted by Gasteiger charge is 2.21. The summed E-state index contributed by atoms with van der Waals surface area (Å²) in [5, 5.41) is 3.04. The number of nitrogens with one attached hydrogen (secondary N) is 1. The second-order valence-electron chi connectivity index (χ2n) is 6.81. The topological polar surface area (TPSA) is 66.5 Å². The van der Waals surface area contributed by atoms with E-state index in [-0.39, 0.29) is 16.8 Å². The van der Waals surface area contributed by atoms with E-state index in [1.165, 1.54) is 17.7 Å². The average molecular weight is 372 g/mol. The van der Waals surface area contributed by atoms with Gasteiger partial charge in [-0.3, -0.25) is 9.69 Å². The molecule has 1 N–H and O–H groups in total. The van der Waals surface area contributed by atoms with Gasteiger partial charge in [0.25, 0.3) is 5.91 Å². The highest BCUT2D eigenvalue weighted by Crippen LogP contribution is 2.16. The monoisotopic (exact) mass is 372 g/mol. The number of sulfone groups is 1. The van der Waals surface area contributed by atoms with Crippen molar-refractivity contribution >= 4 is 15.7 Å². The number of hydrogen-bond acceptors (Lipinski definition) is 4. The van der Waals surface area contributed by atoms with Gasteiger partial charge in [-0.15, -0.1) is 0 Å². The van der Waals surface area contributed by atoms with Gasteiger partial charge in [-0.25, -0.2) is 8.42 Å². The van der Waals surface area contributed by atoms with E-state index in [9.17, 15) is 13.2 Å². The molecule has 1 aliphatic rings. The fourth-order valence-corrected chi connectivity index (χ4v) is 3.88. The molecule has 0 unspecified atom stereocenters. The van der Waals surface area contributed by atoms with Gasteiger partial charge in [-0.1, -0.05) is 36.4 Å². The number of likely N-dealkylation sites (tertiary alicyclic amines) is 1. The van der Waals surface area contributed by atoms with Crippen LogP contribution in [0.5, 0.6) is 0 Å². The lowest BCUT2D eigenvalue weighted by atomic mass is 10.0. The summed E-state index contributed by atoms with van der Waals surface area (Å²) >= 11 is 0. The smallest absolute Gasteiger partial charge is 0.251 e. The first kappa shape index (κ1) is 18.6. The average Bonchev–Trinajstić information content (AvgIpc) is 2.63. The van der Waals surface area contributed by atoms with Crippen molar-refractivity contribution in [2.24, 2.45) is 0 Å². The van der Waals surface area contributed by atoms with Crippen molar-refractivity contribution in [2.75, 3.05) is 19.3 Å². The quantitative estimate of drug-likeness (QED) is 0.876. The predicted octanol–water partition coefficient (Wildman–Crippen LogP) is 2.48. The fraction of sp³-hybridized carbons (Fsp3) is 0.350. The largest absolute Gasteiger partial charge is 0.349 e. The lowest BCUT2D eigenvalue weighted by Gasteiger charge is -2.32.